The largest absolute Gasteiger partial charge is 0.565 e. The second-order valence-corrected chi connectivity index (χ2v) is 7.64. The Morgan fingerprint density at radius 2 is 1.59 bits per heavy atom. The summed E-state index contributed by atoms with van der Waals surface area (Å²) in [6.45, 7) is 3.26. The number of phenols is 3. The van der Waals surface area contributed by atoms with E-state index >= 15 is 0 Å². The molecule has 0 bridgehead atoms. The summed E-state index contributed by atoms with van der Waals surface area (Å²) < 4.78 is 37.0. The van der Waals surface area contributed by atoms with Gasteiger partial charge in [0, 0.05) is 42.7 Å². The van der Waals surface area contributed by atoms with Crippen LogP contribution in [-0.4, -0.2) is 61.7 Å². The molecule has 13 nitrogen and oxygen atoms in total. The number of fused-ring (bicyclic) bond motifs is 1. The zero-order chi connectivity index (χ0) is 28.0. The molecule has 0 aliphatic carbocycles. The first-order valence-electron chi connectivity index (χ1n) is 10.5. The fourth-order valence-electron chi connectivity index (χ4n) is 2.95. The number of aromatic hydroxyl groups is 3. The molecule has 1 unspecified atom stereocenters. The van der Waals surface area contributed by atoms with Crippen LogP contribution < -0.4 is 20.0 Å². The standard InChI is InChI=1S/C16H20O6.C7H8O3.HO4P.H2/c1-10-11(4-5-21-7-6-19-2)16(18)22-14-9-13(17)15(20-3)8-12(10)14;1-10-7-3-2-5(8)4-6(7)9;1-4-5(2)3;/h8-9,17H,4-7H2,1-3H3;2-4,8-9H,1H3;1H;1H. The van der Waals surface area contributed by atoms with Crippen molar-refractivity contribution < 1.29 is 59.5 Å². The van der Waals surface area contributed by atoms with Crippen LogP contribution >= 0.6 is 8.25 Å². The van der Waals surface area contributed by atoms with Crippen LogP contribution in [0, 0.1) is 6.92 Å². The molecule has 4 N–H and O–H groups in total. The van der Waals surface area contributed by atoms with Gasteiger partial charge in [0.05, 0.1) is 34.0 Å². The van der Waals surface area contributed by atoms with E-state index in [9.17, 15) is 9.90 Å². The van der Waals surface area contributed by atoms with E-state index in [1.807, 2.05) is 6.92 Å². The summed E-state index contributed by atoms with van der Waals surface area (Å²) in [6, 6.07) is 7.21. The summed E-state index contributed by atoms with van der Waals surface area (Å²) >= 11 is 0. The van der Waals surface area contributed by atoms with Gasteiger partial charge in [-0.15, -0.1) is 0 Å². The topological polar surface area (TPSA) is 197 Å². The maximum atomic E-state index is 12.1. The van der Waals surface area contributed by atoms with E-state index in [-0.39, 0.29) is 18.7 Å². The Morgan fingerprint density at radius 3 is 2.14 bits per heavy atom. The summed E-state index contributed by atoms with van der Waals surface area (Å²) in [5, 5.41) is 35.4. The number of methoxy groups -OCH3 is 3. The van der Waals surface area contributed by atoms with Crippen LogP contribution in [0.5, 0.6) is 28.7 Å². The lowest BCUT2D eigenvalue weighted by molar-refractivity contribution is -0.244. The highest BCUT2D eigenvalue weighted by atomic mass is 31.1. The van der Waals surface area contributed by atoms with Crippen LogP contribution in [0.15, 0.2) is 39.5 Å². The van der Waals surface area contributed by atoms with Crippen molar-refractivity contribution in [3.8, 4) is 28.7 Å². The van der Waals surface area contributed by atoms with Gasteiger partial charge in [0.2, 0.25) is 0 Å². The molecule has 0 aliphatic heterocycles. The maximum absolute atomic E-state index is 12.1. The molecule has 0 saturated carbocycles. The molecule has 3 aromatic rings. The highest BCUT2D eigenvalue weighted by Gasteiger charge is 2.14. The molecule has 0 fully saturated rings. The Balaban J connectivity index is 0.000000709. The Hall–Kier alpha value is -3.45. The first-order chi connectivity index (χ1) is 17.6. The van der Waals surface area contributed by atoms with Gasteiger partial charge in [-0.2, -0.15) is 0 Å². The third-order valence-corrected chi connectivity index (χ3v) is 4.88. The van der Waals surface area contributed by atoms with Crippen molar-refractivity contribution in [3.05, 3.63) is 51.9 Å². The van der Waals surface area contributed by atoms with E-state index in [1.165, 1.54) is 38.5 Å². The molecule has 37 heavy (non-hydrogen) atoms. The van der Waals surface area contributed by atoms with E-state index in [1.54, 1.807) is 13.2 Å². The van der Waals surface area contributed by atoms with Crippen LogP contribution in [0.4, 0.5) is 0 Å². The van der Waals surface area contributed by atoms with Crippen molar-refractivity contribution in [2.75, 3.05) is 41.2 Å². The predicted molar refractivity (Wildman–Crippen MR) is 132 cm³/mol. The average Bonchev–Trinajstić information content (AvgIpc) is 2.86. The summed E-state index contributed by atoms with van der Waals surface area (Å²) in [7, 11) is 1.49. The van der Waals surface area contributed by atoms with E-state index in [0.717, 1.165) is 10.9 Å². The molecule has 3 rings (SSSR count). The van der Waals surface area contributed by atoms with E-state index in [2.05, 4.69) is 4.67 Å². The van der Waals surface area contributed by atoms with Gasteiger partial charge in [-0.25, -0.2) is 10.1 Å². The number of rotatable bonds is 9. The molecule has 0 aliphatic rings. The monoisotopic (exact) mass is 546 g/mol. The fourth-order valence-corrected chi connectivity index (χ4v) is 2.95. The number of ether oxygens (including phenoxy) is 4. The molecule has 206 valence electrons. The second kappa shape index (κ2) is 16.3. The second-order valence-electron chi connectivity index (χ2n) is 7.03. The molecule has 0 radical (unpaired) electrons. The van der Waals surface area contributed by atoms with Crippen LogP contribution in [0.1, 0.15) is 12.6 Å². The SMILES string of the molecule is COCCOCCc1c(C)c2cc(OC)c(O)cc2oc1=O.COc1ccc(O)cc1O.O=[P+]([O-])OO.[HH]. The van der Waals surface area contributed by atoms with Crippen molar-refractivity contribution in [3.63, 3.8) is 0 Å². The molecule has 2 aromatic carbocycles. The fraction of sp³-hybridized carbons (Fsp3) is 0.348. The number of phenolic OH excluding ortho intramolecular Hbond substituents is 3. The van der Waals surface area contributed by atoms with Gasteiger partial charge in [0.25, 0.3) is 0 Å². The van der Waals surface area contributed by atoms with Gasteiger partial charge < -0.3 is 43.6 Å². The van der Waals surface area contributed by atoms with E-state index < -0.39 is 13.9 Å². The minimum Gasteiger partial charge on any atom is -0.565 e. The Labute approximate surface area is 214 Å². The first-order valence-corrected chi connectivity index (χ1v) is 11.6. The van der Waals surface area contributed by atoms with Gasteiger partial charge in [0.15, 0.2) is 23.0 Å². The third-order valence-electron chi connectivity index (χ3n) is 4.74. The zero-order valence-electron chi connectivity index (χ0n) is 20.6. The van der Waals surface area contributed by atoms with Gasteiger partial charge >= 0.3 is 13.9 Å². The van der Waals surface area contributed by atoms with Crippen molar-refractivity contribution in [1.29, 1.82) is 0 Å². The third kappa shape index (κ3) is 10.2. The van der Waals surface area contributed by atoms with Crippen molar-refractivity contribution in [1.82, 2.24) is 0 Å². The van der Waals surface area contributed by atoms with Gasteiger partial charge in [0.1, 0.15) is 11.3 Å². The summed E-state index contributed by atoms with van der Waals surface area (Å²) in [5.41, 5.74) is 1.30. The number of hydrogen-bond donors (Lipinski definition) is 4. The lowest BCUT2D eigenvalue weighted by Crippen LogP contribution is -2.14. The minimum absolute atomic E-state index is 0. The Bertz CT molecular complexity index is 1220. The van der Waals surface area contributed by atoms with Crippen LogP contribution in [0.25, 0.3) is 11.0 Å². The molecule has 0 spiro atoms. The van der Waals surface area contributed by atoms with Gasteiger partial charge in [-0.05, 0) is 35.3 Å². The molecule has 0 amide bonds. The average molecular weight is 546 g/mol. The van der Waals surface area contributed by atoms with Gasteiger partial charge in [-0.3, -0.25) is 0 Å². The van der Waals surface area contributed by atoms with E-state index in [4.69, 9.17) is 48.3 Å². The number of hydrogen-bond acceptors (Lipinski definition) is 13. The van der Waals surface area contributed by atoms with Crippen molar-refractivity contribution in [2.24, 2.45) is 0 Å². The predicted octanol–water partition coefficient (Wildman–Crippen LogP) is 2.87. The van der Waals surface area contributed by atoms with Gasteiger partial charge in [-0.1, -0.05) is 0 Å². The first kappa shape index (κ1) is 31.6. The van der Waals surface area contributed by atoms with Crippen molar-refractivity contribution >= 4 is 19.2 Å². The summed E-state index contributed by atoms with van der Waals surface area (Å²) in [5.74, 6) is 0.610. The highest BCUT2D eigenvalue weighted by molar-refractivity contribution is 7.30. The van der Waals surface area contributed by atoms with Crippen LogP contribution in [0.2, 0.25) is 0 Å². The normalized spacial score (nSPS) is 10.6. The van der Waals surface area contributed by atoms with Crippen LogP contribution in [0.3, 0.4) is 0 Å². The molecule has 1 heterocycles. The Kier molecular flexibility index (Phi) is 13.9. The number of aryl methyl sites for hydroxylation is 1. The molecular formula is C23H31O13P. The minimum atomic E-state index is -3.04. The number of benzene rings is 2. The summed E-state index contributed by atoms with van der Waals surface area (Å²) in [4.78, 5) is 21.0. The van der Waals surface area contributed by atoms with Crippen molar-refractivity contribution in [2.45, 2.75) is 13.3 Å². The Morgan fingerprint density at radius 1 is 0.973 bits per heavy atom. The summed E-state index contributed by atoms with van der Waals surface area (Å²) in [6.07, 6.45) is 0.455. The molecule has 1 atom stereocenters. The lowest BCUT2D eigenvalue weighted by atomic mass is 10.0. The molecular weight excluding hydrogens is 515 g/mol. The molecule has 1 aromatic heterocycles. The lowest BCUT2D eigenvalue weighted by Gasteiger charge is -2.10. The molecule has 0 saturated heterocycles. The maximum Gasteiger partial charge on any atom is 0.521 e. The quantitative estimate of drug-likeness (QED) is 0.101. The molecule has 14 heteroatoms. The highest BCUT2D eigenvalue weighted by Crippen LogP contribution is 2.32. The smallest absolute Gasteiger partial charge is 0.521 e. The zero-order valence-corrected chi connectivity index (χ0v) is 21.5. The van der Waals surface area contributed by atoms with Crippen LogP contribution in [-0.2, 0) is 25.1 Å². The van der Waals surface area contributed by atoms with E-state index in [0.29, 0.717) is 48.9 Å².